The number of hydrogen-bond acceptors (Lipinski definition) is 3. The molecule has 84 valence electrons. The Hall–Kier alpha value is -0.320. The summed E-state index contributed by atoms with van der Waals surface area (Å²) in [4.78, 5) is 10.6. The minimum atomic E-state index is -2.56. The van der Waals surface area contributed by atoms with Crippen LogP contribution in [-0.2, 0) is 9.53 Å². The van der Waals surface area contributed by atoms with Gasteiger partial charge in [0.05, 0.1) is 12.9 Å². The number of alkyl halides is 2. The Morgan fingerprint density at radius 3 is 2.57 bits per heavy atom. The highest BCUT2D eigenvalue weighted by molar-refractivity contribution is 7.99. The third-order valence-corrected chi connectivity index (χ3v) is 2.62. The van der Waals surface area contributed by atoms with Crippen LogP contribution in [-0.4, -0.2) is 30.5 Å². The van der Waals surface area contributed by atoms with Crippen molar-refractivity contribution in [3.8, 4) is 0 Å². The van der Waals surface area contributed by atoms with Crippen molar-refractivity contribution < 1.29 is 18.3 Å². The molecule has 0 atom stereocenters. The quantitative estimate of drug-likeness (QED) is 0.493. The molecule has 0 N–H and O–H groups in total. The topological polar surface area (TPSA) is 26.3 Å². The summed E-state index contributed by atoms with van der Waals surface area (Å²) in [7, 11) is 1.33. The van der Waals surface area contributed by atoms with Crippen molar-refractivity contribution in [3.05, 3.63) is 0 Å². The lowest BCUT2D eigenvalue weighted by atomic mass is 10.2. The Bertz CT molecular complexity index is 169. The van der Waals surface area contributed by atoms with Gasteiger partial charge in [0.15, 0.2) is 0 Å². The molecule has 0 aliphatic heterocycles. The minimum absolute atomic E-state index is 0.0776. The van der Waals surface area contributed by atoms with Crippen LogP contribution in [0.1, 0.15) is 26.2 Å². The van der Waals surface area contributed by atoms with Gasteiger partial charge in [-0.1, -0.05) is 0 Å². The second-order valence-electron chi connectivity index (χ2n) is 3.16. The van der Waals surface area contributed by atoms with E-state index in [9.17, 15) is 13.6 Å². The number of esters is 1. The number of rotatable bonds is 7. The lowest BCUT2D eigenvalue weighted by Crippen LogP contribution is -2.09. The van der Waals surface area contributed by atoms with Gasteiger partial charge in [-0.2, -0.15) is 11.8 Å². The molecule has 2 nitrogen and oxygen atoms in total. The SMILES string of the molecule is COC(=O)CSCCCCC(C)(F)F. The first kappa shape index (κ1) is 13.7. The fourth-order valence-corrected chi connectivity index (χ4v) is 1.69. The van der Waals surface area contributed by atoms with Gasteiger partial charge in [-0.3, -0.25) is 4.79 Å². The summed E-state index contributed by atoms with van der Waals surface area (Å²) in [5, 5.41) is 0. The summed E-state index contributed by atoms with van der Waals surface area (Å²) in [6.45, 7) is 0.925. The average Bonchev–Trinajstić information content (AvgIpc) is 2.08. The van der Waals surface area contributed by atoms with Gasteiger partial charge in [0, 0.05) is 6.42 Å². The maximum atomic E-state index is 12.3. The Balaban J connectivity index is 3.18. The van der Waals surface area contributed by atoms with Gasteiger partial charge in [-0.05, 0) is 25.5 Å². The van der Waals surface area contributed by atoms with Crippen LogP contribution >= 0.6 is 11.8 Å². The largest absolute Gasteiger partial charge is 0.468 e. The smallest absolute Gasteiger partial charge is 0.315 e. The van der Waals surface area contributed by atoms with E-state index in [1.54, 1.807) is 0 Å². The highest BCUT2D eigenvalue weighted by atomic mass is 32.2. The second kappa shape index (κ2) is 7.04. The molecular formula is C9H16F2O2S. The maximum Gasteiger partial charge on any atom is 0.315 e. The first-order chi connectivity index (χ1) is 6.45. The molecule has 0 unspecified atom stereocenters. The third-order valence-electron chi connectivity index (χ3n) is 1.60. The average molecular weight is 226 g/mol. The van der Waals surface area contributed by atoms with Gasteiger partial charge in [-0.15, -0.1) is 0 Å². The van der Waals surface area contributed by atoms with E-state index in [4.69, 9.17) is 0 Å². The Morgan fingerprint density at radius 1 is 1.43 bits per heavy atom. The van der Waals surface area contributed by atoms with E-state index in [0.717, 1.165) is 12.7 Å². The first-order valence-electron chi connectivity index (χ1n) is 4.48. The Morgan fingerprint density at radius 2 is 2.07 bits per heavy atom. The van der Waals surface area contributed by atoms with Crippen LogP contribution in [0.25, 0.3) is 0 Å². The number of unbranched alkanes of at least 4 members (excludes halogenated alkanes) is 1. The molecule has 0 heterocycles. The molecule has 0 saturated heterocycles. The normalized spacial score (nSPS) is 11.4. The van der Waals surface area contributed by atoms with Crippen LogP contribution in [0.15, 0.2) is 0 Å². The zero-order chi connectivity index (χ0) is 11.0. The lowest BCUT2D eigenvalue weighted by Gasteiger charge is -2.08. The third kappa shape index (κ3) is 9.77. The highest BCUT2D eigenvalue weighted by Crippen LogP contribution is 2.20. The summed E-state index contributed by atoms with van der Waals surface area (Å²) in [5.74, 6) is -1.80. The number of hydrogen-bond donors (Lipinski definition) is 0. The van der Waals surface area contributed by atoms with Crippen molar-refractivity contribution in [2.24, 2.45) is 0 Å². The van der Waals surface area contributed by atoms with Gasteiger partial charge in [0.25, 0.3) is 0 Å². The highest BCUT2D eigenvalue weighted by Gasteiger charge is 2.19. The van der Waals surface area contributed by atoms with Crippen LogP contribution in [0.2, 0.25) is 0 Å². The van der Waals surface area contributed by atoms with Crippen molar-refractivity contribution in [1.82, 2.24) is 0 Å². The van der Waals surface area contributed by atoms with Crippen LogP contribution in [0.5, 0.6) is 0 Å². The van der Waals surface area contributed by atoms with Crippen LogP contribution in [0, 0.1) is 0 Å². The predicted molar refractivity (Wildman–Crippen MR) is 53.8 cm³/mol. The second-order valence-corrected chi connectivity index (χ2v) is 4.26. The molecule has 0 aliphatic carbocycles. The van der Waals surface area contributed by atoms with Gasteiger partial charge in [0.2, 0.25) is 5.92 Å². The first-order valence-corrected chi connectivity index (χ1v) is 5.63. The number of ether oxygens (including phenoxy) is 1. The molecule has 0 amide bonds. The maximum absolute atomic E-state index is 12.3. The summed E-state index contributed by atoms with van der Waals surface area (Å²) in [6, 6.07) is 0. The molecule has 0 bridgehead atoms. The van der Waals surface area contributed by atoms with Crippen molar-refractivity contribution in [2.75, 3.05) is 18.6 Å². The van der Waals surface area contributed by atoms with E-state index in [1.165, 1.54) is 18.9 Å². The standard InChI is InChI=1S/C9H16F2O2S/c1-9(10,11)5-3-4-6-14-7-8(12)13-2/h3-7H2,1-2H3. The van der Waals surface area contributed by atoms with Gasteiger partial charge in [-0.25, -0.2) is 8.78 Å². The minimum Gasteiger partial charge on any atom is -0.468 e. The fraction of sp³-hybridized carbons (Fsp3) is 0.889. The van der Waals surface area contributed by atoms with E-state index in [2.05, 4.69) is 4.74 Å². The monoisotopic (exact) mass is 226 g/mol. The molecule has 0 aromatic heterocycles. The predicted octanol–water partition coefficient (Wildman–Crippen LogP) is 2.72. The summed E-state index contributed by atoms with van der Waals surface area (Å²) < 4.78 is 29.1. The van der Waals surface area contributed by atoms with Crippen molar-refractivity contribution >= 4 is 17.7 Å². The summed E-state index contributed by atoms with van der Waals surface area (Å²) >= 11 is 1.42. The van der Waals surface area contributed by atoms with Crippen molar-refractivity contribution in [2.45, 2.75) is 32.1 Å². The van der Waals surface area contributed by atoms with E-state index < -0.39 is 5.92 Å². The number of carbonyl (C=O) groups is 1. The number of thioether (sulfide) groups is 1. The molecule has 5 heteroatoms. The molecule has 0 saturated carbocycles. The molecular weight excluding hydrogens is 210 g/mol. The number of carbonyl (C=O) groups excluding carboxylic acids is 1. The summed E-state index contributed by atoms with van der Waals surface area (Å²) in [6.07, 6.45) is 1.13. The van der Waals surface area contributed by atoms with Crippen molar-refractivity contribution in [3.63, 3.8) is 0 Å². The fourth-order valence-electron chi connectivity index (χ4n) is 0.854. The molecule has 0 rings (SSSR count). The Labute approximate surface area is 87.4 Å². The molecule has 0 spiro atoms. The van der Waals surface area contributed by atoms with Gasteiger partial charge < -0.3 is 4.74 Å². The van der Waals surface area contributed by atoms with Gasteiger partial charge in [0.1, 0.15) is 0 Å². The molecule has 14 heavy (non-hydrogen) atoms. The van der Waals surface area contributed by atoms with Crippen LogP contribution in [0.3, 0.4) is 0 Å². The van der Waals surface area contributed by atoms with Crippen LogP contribution < -0.4 is 0 Å². The van der Waals surface area contributed by atoms with E-state index in [0.29, 0.717) is 18.6 Å². The Kier molecular flexibility index (Phi) is 6.87. The van der Waals surface area contributed by atoms with Gasteiger partial charge >= 0.3 is 5.97 Å². The van der Waals surface area contributed by atoms with E-state index >= 15 is 0 Å². The molecule has 0 fully saturated rings. The molecule has 0 radical (unpaired) electrons. The van der Waals surface area contributed by atoms with Crippen LogP contribution in [0.4, 0.5) is 8.78 Å². The molecule has 0 aliphatic rings. The number of halogens is 2. The zero-order valence-corrected chi connectivity index (χ0v) is 9.33. The van der Waals surface area contributed by atoms with Crippen molar-refractivity contribution in [1.29, 1.82) is 0 Å². The number of methoxy groups -OCH3 is 1. The lowest BCUT2D eigenvalue weighted by molar-refractivity contribution is -0.137. The van der Waals surface area contributed by atoms with E-state index in [-0.39, 0.29) is 12.4 Å². The zero-order valence-electron chi connectivity index (χ0n) is 8.52. The van der Waals surface area contributed by atoms with E-state index in [1.807, 2.05) is 0 Å². The molecule has 0 aromatic carbocycles. The molecule has 0 aromatic rings. The summed E-state index contributed by atoms with van der Waals surface area (Å²) in [5.41, 5.74) is 0.